The van der Waals surface area contributed by atoms with Gasteiger partial charge in [0.25, 0.3) is 0 Å². The molecule has 1 atom stereocenters. The summed E-state index contributed by atoms with van der Waals surface area (Å²) in [5.41, 5.74) is 3.41. The average Bonchev–Trinajstić information content (AvgIpc) is 2.97. The number of aromatic nitrogens is 2. The van der Waals surface area contributed by atoms with E-state index in [1.54, 1.807) is 0 Å². The number of nitrogens with one attached hydrogen (secondary N) is 1. The van der Waals surface area contributed by atoms with Crippen LogP contribution in [0.1, 0.15) is 63.0 Å². The van der Waals surface area contributed by atoms with E-state index in [2.05, 4.69) is 15.1 Å². The third-order valence-electron chi connectivity index (χ3n) is 6.03. The van der Waals surface area contributed by atoms with Crippen molar-refractivity contribution < 1.29 is 4.39 Å². The minimum Gasteiger partial charge on any atom is -0.300 e. The molecule has 0 radical (unpaired) electrons. The maximum Gasteiger partial charge on any atom is 0.123 e. The molecule has 2 fully saturated rings. The summed E-state index contributed by atoms with van der Waals surface area (Å²) in [6.07, 6.45) is 12.7. The number of halogens is 1. The predicted octanol–water partition coefficient (Wildman–Crippen LogP) is 5.12. The molecular weight excluding hydrogens is 313 g/mol. The van der Waals surface area contributed by atoms with Crippen molar-refractivity contribution in [2.45, 2.75) is 63.3 Å². The van der Waals surface area contributed by atoms with Crippen molar-refractivity contribution in [3.8, 4) is 11.1 Å². The zero-order valence-corrected chi connectivity index (χ0v) is 14.9. The first kappa shape index (κ1) is 16.8. The van der Waals surface area contributed by atoms with Crippen molar-refractivity contribution in [1.82, 2.24) is 15.1 Å². The summed E-state index contributed by atoms with van der Waals surface area (Å²) in [6.45, 7) is 2.36. The Hall–Kier alpha value is -1.68. The van der Waals surface area contributed by atoms with Crippen molar-refractivity contribution in [2.24, 2.45) is 0 Å². The summed E-state index contributed by atoms with van der Waals surface area (Å²) in [6, 6.07) is 7.54. The molecule has 0 spiro atoms. The molecule has 1 aromatic carbocycles. The molecule has 1 aliphatic heterocycles. The number of nitrogens with zero attached hydrogens (tertiary/aromatic N) is 2. The lowest BCUT2D eigenvalue weighted by Gasteiger charge is -2.38. The van der Waals surface area contributed by atoms with Gasteiger partial charge in [0, 0.05) is 29.8 Å². The highest BCUT2D eigenvalue weighted by Gasteiger charge is 2.29. The van der Waals surface area contributed by atoms with Gasteiger partial charge in [-0.1, -0.05) is 37.8 Å². The third-order valence-corrected chi connectivity index (χ3v) is 6.03. The van der Waals surface area contributed by atoms with Crippen LogP contribution in [0.5, 0.6) is 0 Å². The van der Waals surface area contributed by atoms with Crippen LogP contribution in [-0.4, -0.2) is 34.2 Å². The van der Waals surface area contributed by atoms with E-state index in [-0.39, 0.29) is 5.82 Å². The summed E-state index contributed by atoms with van der Waals surface area (Å²) in [5.74, 6) is 0.311. The smallest absolute Gasteiger partial charge is 0.123 e. The number of H-pyrrole nitrogens is 1. The van der Waals surface area contributed by atoms with Gasteiger partial charge in [-0.2, -0.15) is 5.10 Å². The largest absolute Gasteiger partial charge is 0.300 e. The van der Waals surface area contributed by atoms with E-state index in [0.29, 0.717) is 5.92 Å². The number of aromatic amines is 1. The molecule has 1 aliphatic carbocycles. The zero-order chi connectivity index (χ0) is 17.1. The van der Waals surface area contributed by atoms with E-state index in [1.165, 1.54) is 75.7 Å². The number of likely N-dealkylation sites (tertiary alicyclic amines) is 1. The maximum absolute atomic E-state index is 13.2. The summed E-state index contributed by atoms with van der Waals surface area (Å²) in [7, 11) is 0. The van der Waals surface area contributed by atoms with E-state index in [1.807, 2.05) is 18.3 Å². The van der Waals surface area contributed by atoms with Crippen LogP contribution >= 0.6 is 0 Å². The molecule has 0 amide bonds. The Labute approximate surface area is 149 Å². The van der Waals surface area contributed by atoms with E-state index < -0.39 is 0 Å². The molecular formula is C21H28FN3. The van der Waals surface area contributed by atoms with Gasteiger partial charge < -0.3 is 0 Å². The van der Waals surface area contributed by atoms with E-state index in [4.69, 9.17) is 0 Å². The highest BCUT2D eigenvalue weighted by atomic mass is 19.1. The van der Waals surface area contributed by atoms with Gasteiger partial charge >= 0.3 is 0 Å². The van der Waals surface area contributed by atoms with Crippen molar-refractivity contribution >= 4 is 0 Å². The lowest BCUT2D eigenvalue weighted by atomic mass is 9.89. The van der Waals surface area contributed by atoms with Gasteiger partial charge in [0.1, 0.15) is 5.82 Å². The Morgan fingerprint density at radius 2 is 1.72 bits per heavy atom. The first-order chi connectivity index (χ1) is 12.3. The van der Waals surface area contributed by atoms with E-state index in [0.717, 1.165) is 23.7 Å². The van der Waals surface area contributed by atoms with Gasteiger partial charge in [0.05, 0.1) is 6.20 Å². The number of hydrogen-bond acceptors (Lipinski definition) is 2. The molecule has 25 heavy (non-hydrogen) atoms. The molecule has 0 bridgehead atoms. The summed E-state index contributed by atoms with van der Waals surface area (Å²) >= 11 is 0. The van der Waals surface area contributed by atoms with Crippen LogP contribution in [0.3, 0.4) is 0 Å². The highest BCUT2D eigenvalue weighted by Crippen LogP contribution is 2.35. The Kier molecular flexibility index (Phi) is 5.16. The van der Waals surface area contributed by atoms with Gasteiger partial charge in [-0.25, -0.2) is 4.39 Å². The second-order valence-electron chi connectivity index (χ2n) is 7.68. The van der Waals surface area contributed by atoms with Gasteiger partial charge in [-0.3, -0.25) is 10.00 Å². The molecule has 1 saturated heterocycles. The molecule has 1 N–H and O–H groups in total. The normalized spacial score (nSPS) is 23.5. The van der Waals surface area contributed by atoms with Crippen LogP contribution < -0.4 is 0 Å². The molecule has 4 heteroatoms. The summed E-state index contributed by atoms with van der Waals surface area (Å²) in [4.78, 5) is 2.73. The van der Waals surface area contributed by atoms with Gasteiger partial charge in [-0.05, 0) is 49.9 Å². The van der Waals surface area contributed by atoms with E-state index >= 15 is 0 Å². The van der Waals surface area contributed by atoms with Crippen LogP contribution in [0, 0.1) is 5.82 Å². The predicted molar refractivity (Wildman–Crippen MR) is 99.0 cm³/mol. The lowest BCUT2D eigenvalue weighted by Crippen LogP contribution is -2.42. The first-order valence-electron chi connectivity index (χ1n) is 9.84. The first-order valence-corrected chi connectivity index (χ1v) is 9.84. The quantitative estimate of drug-likeness (QED) is 0.786. The lowest BCUT2D eigenvalue weighted by molar-refractivity contribution is 0.134. The third kappa shape index (κ3) is 3.79. The van der Waals surface area contributed by atoms with Crippen molar-refractivity contribution in [3.63, 3.8) is 0 Å². The minimum absolute atomic E-state index is 0.189. The second-order valence-corrected chi connectivity index (χ2v) is 7.68. The van der Waals surface area contributed by atoms with Crippen LogP contribution in [0.15, 0.2) is 30.5 Å². The molecule has 134 valence electrons. The van der Waals surface area contributed by atoms with Crippen molar-refractivity contribution in [3.05, 3.63) is 42.0 Å². The number of benzene rings is 1. The molecule has 2 aliphatic rings. The maximum atomic E-state index is 13.2. The average molecular weight is 341 g/mol. The van der Waals surface area contributed by atoms with E-state index in [9.17, 15) is 4.39 Å². The fourth-order valence-corrected chi connectivity index (χ4v) is 4.66. The molecule has 1 aromatic heterocycles. The van der Waals surface area contributed by atoms with Gasteiger partial charge in [0.15, 0.2) is 0 Å². The zero-order valence-electron chi connectivity index (χ0n) is 14.9. The van der Waals surface area contributed by atoms with Crippen LogP contribution in [0.2, 0.25) is 0 Å². The number of hydrogen-bond donors (Lipinski definition) is 1. The van der Waals surface area contributed by atoms with Crippen LogP contribution in [0.25, 0.3) is 11.1 Å². The Balaban J connectivity index is 1.52. The van der Waals surface area contributed by atoms with Gasteiger partial charge in [-0.15, -0.1) is 0 Å². The Morgan fingerprint density at radius 3 is 2.48 bits per heavy atom. The monoisotopic (exact) mass is 341 g/mol. The number of rotatable bonds is 3. The van der Waals surface area contributed by atoms with Crippen LogP contribution in [-0.2, 0) is 0 Å². The Morgan fingerprint density at radius 1 is 0.960 bits per heavy atom. The Bertz CT molecular complexity index is 671. The summed E-state index contributed by atoms with van der Waals surface area (Å²) in [5, 5.41) is 7.57. The van der Waals surface area contributed by atoms with Crippen LogP contribution in [0.4, 0.5) is 4.39 Å². The van der Waals surface area contributed by atoms with Crippen molar-refractivity contribution in [1.29, 1.82) is 0 Å². The molecule has 2 heterocycles. The molecule has 4 rings (SSSR count). The minimum atomic E-state index is -0.189. The summed E-state index contributed by atoms with van der Waals surface area (Å²) < 4.78 is 13.2. The second kappa shape index (κ2) is 7.69. The van der Waals surface area contributed by atoms with Crippen molar-refractivity contribution in [2.75, 3.05) is 13.1 Å². The molecule has 3 nitrogen and oxygen atoms in total. The fraction of sp³-hybridized carbons (Fsp3) is 0.571. The SMILES string of the molecule is Fc1ccc(-c2cn[nH]c2[C@@H]2CCCN(C3CCCCCC3)C2)cc1. The molecule has 1 saturated carbocycles. The fourth-order valence-electron chi connectivity index (χ4n) is 4.66. The molecule has 0 unspecified atom stereocenters. The number of piperidine rings is 1. The standard InChI is InChI=1S/C21H28FN3/c22-18-11-9-16(10-12-18)20-14-23-24-21(20)17-6-5-13-25(15-17)19-7-3-1-2-4-8-19/h9-12,14,17,19H,1-8,13,15H2,(H,23,24)/t17-/m1/s1. The topological polar surface area (TPSA) is 31.9 Å². The molecule has 2 aromatic rings. The van der Waals surface area contributed by atoms with Gasteiger partial charge in [0.2, 0.25) is 0 Å². The highest BCUT2D eigenvalue weighted by molar-refractivity contribution is 5.65.